The van der Waals surface area contributed by atoms with Crippen LogP contribution >= 0.6 is 27.3 Å². The summed E-state index contributed by atoms with van der Waals surface area (Å²) in [7, 11) is 1.55. The maximum atomic E-state index is 13.4. The topological polar surface area (TPSA) is 79.7 Å². The average Bonchev–Trinajstić information content (AvgIpc) is 3.41. The summed E-state index contributed by atoms with van der Waals surface area (Å²) in [4.78, 5) is 32.8. The lowest BCUT2D eigenvalue weighted by Gasteiger charge is -2.23. The zero-order valence-corrected chi connectivity index (χ0v) is 21.4. The van der Waals surface area contributed by atoms with E-state index in [2.05, 4.69) is 33.9 Å². The number of thiazole rings is 1. The number of amides is 1. The minimum Gasteiger partial charge on any atom is -0.507 e. The van der Waals surface area contributed by atoms with Crippen LogP contribution in [0.2, 0.25) is 0 Å². The van der Waals surface area contributed by atoms with Gasteiger partial charge in [-0.15, -0.1) is 0 Å². The molecule has 1 unspecified atom stereocenters. The van der Waals surface area contributed by atoms with Crippen molar-refractivity contribution in [2.75, 3.05) is 12.0 Å². The second-order valence-corrected chi connectivity index (χ2v) is 10.0. The fraction of sp³-hybridized carbons (Fsp3) is 0.148. The predicted octanol–water partition coefficient (Wildman–Crippen LogP) is 6.26. The SMILES string of the molecule is CCc1ccc2nc(N3C(=O)C(=O)C(=C(O)c4ccc(OC)cc4)C3c3cccc(Br)c3)sc2c1. The molecular weight excluding hydrogens is 528 g/mol. The number of halogens is 1. The van der Waals surface area contributed by atoms with Gasteiger partial charge in [0.05, 0.1) is 28.9 Å². The molecule has 0 radical (unpaired) electrons. The van der Waals surface area contributed by atoms with E-state index in [0.29, 0.717) is 22.0 Å². The lowest BCUT2D eigenvalue weighted by molar-refractivity contribution is -0.132. The van der Waals surface area contributed by atoms with Crippen LogP contribution in [0.5, 0.6) is 5.75 Å². The number of ketones is 1. The minimum atomic E-state index is -0.833. The van der Waals surface area contributed by atoms with Crippen LogP contribution in [0.4, 0.5) is 5.13 Å². The van der Waals surface area contributed by atoms with Crippen molar-refractivity contribution in [3.63, 3.8) is 0 Å². The van der Waals surface area contributed by atoms with Crippen LogP contribution in [-0.2, 0) is 16.0 Å². The summed E-state index contributed by atoms with van der Waals surface area (Å²) in [5.74, 6) is -1.10. The first-order valence-electron chi connectivity index (χ1n) is 11.0. The Labute approximate surface area is 214 Å². The molecule has 2 heterocycles. The van der Waals surface area contributed by atoms with Crippen molar-refractivity contribution in [2.24, 2.45) is 0 Å². The summed E-state index contributed by atoms with van der Waals surface area (Å²) in [5, 5.41) is 11.7. The van der Waals surface area contributed by atoms with Crippen molar-refractivity contribution in [3.8, 4) is 5.75 Å². The summed E-state index contributed by atoms with van der Waals surface area (Å²) < 4.78 is 6.93. The Bertz CT molecular complexity index is 1490. The summed E-state index contributed by atoms with van der Waals surface area (Å²) >= 11 is 4.84. The van der Waals surface area contributed by atoms with Crippen LogP contribution in [-0.4, -0.2) is 28.9 Å². The number of aromatic nitrogens is 1. The summed E-state index contributed by atoms with van der Waals surface area (Å²) in [6.45, 7) is 2.08. The van der Waals surface area contributed by atoms with E-state index in [4.69, 9.17) is 4.74 Å². The smallest absolute Gasteiger partial charge is 0.301 e. The fourth-order valence-electron chi connectivity index (χ4n) is 4.21. The first kappa shape index (κ1) is 23.3. The van der Waals surface area contributed by atoms with E-state index in [1.54, 1.807) is 31.4 Å². The van der Waals surface area contributed by atoms with Crippen molar-refractivity contribution >= 4 is 60.1 Å². The largest absolute Gasteiger partial charge is 0.507 e. The highest BCUT2D eigenvalue weighted by Crippen LogP contribution is 2.44. The van der Waals surface area contributed by atoms with Gasteiger partial charge in [0.1, 0.15) is 11.5 Å². The van der Waals surface area contributed by atoms with Gasteiger partial charge in [0, 0.05) is 10.0 Å². The normalized spacial score (nSPS) is 17.3. The number of hydrogen-bond donors (Lipinski definition) is 1. The van der Waals surface area contributed by atoms with Gasteiger partial charge in [-0.05, 0) is 66.1 Å². The quantitative estimate of drug-likeness (QED) is 0.181. The number of ether oxygens (including phenoxy) is 1. The molecule has 1 aromatic heterocycles. The Morgan fingerprint density at radius 3 is 2.57 bits per heavy atom. The van der Waals surface area contributed by atoms with E-state index in [0.717, 1.165) is 26.7 Å². The molecule has 5 rings (SSSR count). The van der Waals surface area contributed by atoms with Crippen molar-refractivity contribution in [2.45, 2.75) is 19.4 Å². The second-order valence-electron chi connectivity index (χ2n) is 8.10. The number of nitrogens with zero attached hydrogens (tertiary/aromatic N) is 2. The number of carbonyl (C=O) groups is 2. The molecule has 1 fully saturated rings. The summed E-state index contributed by atoms with van der Waals surface area (Å²) in [6, 6.07) is 19.2. The van der Waals surface area contributed by atoms with E-state index in [1.165, 1.54) is 16.2 Å². The second kappa shape index (κ2) is 9.28. The molecule has 1 aliphatic rings. The van der Waals surface area contributed by atoms with Gasteiger partial charge >= 0.3 is 5.91 Å². The maximum Gasteiger partial charge on any atom is 0.301 e. The Kier molecular flexibility index (Phi) is 6.17. The molecule has 35 heavy (non-hydrogen) atoms. The number of methoxy groups -OCH3 is 1. The van der Waals surface area contributed by atoms with Gasteiger partial charge in [0.2, 0.25) is 0 Å². The third-order valence-electron chi connectivity index (χ3n) is 6.03. The zero-order valence-electron chi connectivity index (χ0n) is 19.0. The first-order chi connectivity index (χ1) is 16.9. The van der Waals surface area contributed by atoms with Crippen LogP contribution in [0.25, 0.3) is 16.0 Å². The van der Waals surface area contributed by atoms with Gasteiger partial charge in [0.25, 0.3) is 5.78 Å². The van der Waals surface area contributed by atoms with E-state index < -0.39 is 17.7 Å². The van der Waals surface area contributed by atoms with Gasteiger partial charge in [-0.1, -0.05) is 52.4 Å². The molecule has 0 saturated carbocycles. The first-order valence-corrected chi connectivity index (χ1v) is 12.6. The van der Waals surface area contributed by atoms with Crippen molar-refractivity contribution in [1.29, 1.82) is 0 Å². The summed E-state index contributed by atoms with van der Waals surface area (Å²) in [6.07, 6.45) is 0.883. The Balaban J connectivity index is 1.70. The highest BCUT2D eigenvalue weighted by atomic mass is 79.9. The van der Waals surface area contributed by atoms with Crippen LogP contribution in [0.15, 0.2) is 76.8 Å². The zero-order chi connectivity index (χ0) is 24.7. The van der Waals surface area contributed by atoms with E-state index in [-0.39, 0.29) is 11.3 Å². The molecule has 0 bridgehead atoms. The molecule has 4 aromatic rings. The molecule has 1 N–H and O–H groups in total. The molecule has 1 amide bonds. The lowest BCUT2D eigenvalue weighted by Crippen LogP contribution is -2.29. The Morgan fingerprint density at radius 1 is 1.11 bits per heavy atom. The molecule has 0 spiro atoms. The Morgan fingerprint density at radius 2 is 1.89 bits per heavy atom. The van der Waals surface area contributed by atoms with Gasteiger partial charge in [-0.2, -0.15) is 0 Å². The average molecular weight is 549 g/mol. The highest BCUT2D eigenvalue weighted by molar-refractivity contribution is 9.10. The van der Waals surface area contributed by atoms with Gasteiger partial charge in [-0.25, -0.2) is 4.98 Å². The van der Waals surface area contributed by atoms with Gasteiger partial charge < -0.3 is 9.84 Å². The number of benzene rings is 3. The lowest BCUT2D eigenvalue weighted by atomic mass is 9.95. The van der Waals surface area contributed by atoms with Crippen LogP contribution in [0, 0.1) is 0 Å². The van der Waals surface area contributed by atoms with Crippen LogP contribution < -0.4 is 9.64 Å². The third-order valence-corrected chi connectivity index (χ3v) is 7.54. The maximum absolute atomic E-state index is 13.4. The monoisotopic (exact) mass is 548 g/mol. The van der Waals surface area contributed by atoms with Gasteiger partial charge in [-0.3, -0.25) is 14.5 Å². The van der Waals surface area contributed by atoms with E-state index in [9.17, 15) is 14.7 Å². The molecule has 8 heteroatoms. The molecule has 0 aliphatic carbocycles. The number of rotatable bonds is 5. The molecule has 1 aliphatic heterocycles. The van der Waals surface area contributed by atoms with Crippen LogP contribution in [0.3, 0.4) is 0 Å². The number of anilines is 1. The van der Waals surface area contributed by atoms with Crippen molar-refractivity contribution < 1.29 is 19.4 Å². The molecule has 1 atom stereocenters. The Hall–Kier alpha value is -3.49. The number of aliphatic hydroxyl groups excluding tert-OH is 1. The fourth-order valence-corrected chi connectivity index (χ4v) is 5.68. The minimum absolute atomic E-state index is 0.0202. The number of carbonyl (C=O) groups excluding carboxylic acids is 2. The van der Waals surface area contributed by atoms with Gasteiger partial charge in [0.15, 0.2) is 5.13 Å². The summed E-state index contributed by atoms with van der Waals surface area (Å²) in [5.41, 5.74) is 3.04. The number of aliphatic hydroxyl groups is 1. The number of hydrogen-bond acceptors (Lipinski definition) is 6. The van der Waals surface area contributed by atoms with E-state index in [1.807, 2.05) is 36.4 Å². The molecule has 176 valence electrons. The third kappa shape index (κ3) is 4.13. The number of fused-ring (bicyclic) bond motifs is 1. The number of aryl methyl sites for hydroxylation is 1. The number of Topliss-reactive ketones (excluding diaryl/α,β-unsaturated/α-hetero) is 1. The van der Waals surface area contributed by atoms with E-state index >= 15 is 0 Å². The van der Waals surface area contributed by atoms with Crippen molar-refractivity contribution in [1.82, 2.24) is 4.98 Å². The molecule has 3 aromatic carbocycles. The standard InChI is InChI=1S/C27H21BrN2O4S/c1-3-15-7-12-20-21(13-15)35-27(29-20)30-23(17-5-4-6-18(28)14-17)22(25(32)26(30)33)24(31)16-8-10-19(34-2)11-9-16/h4-14,23,31H,3H2,1-2H3. The molecule has 1 saturated heterocycles. The highest BCUT2D eigenvalue weighted by Gasteiger charge is 2.48. The van der Waals surface area contributed by atoms with Crippen LogP contribution in [0.1, 0.15) is 29.7 Å². The molecule has 6 nitrogen and oxygen atoms in total. The predicted molar refractivity (Wildman–Crippen MR) is 141 cm³/mol. The molecular formula is C27H21BrN2O4S. The van der Waals surface area contributed by atoms with Crippen molar-refractivity contribution in [3.05, 3.63) is 93.5 Å².